The molecular weight excluding hydrogens is 296 g/mol. The molecule has 0 aromatic heterocycles. The van der Waals surface area contributed by atoms with Crippen molar-refractivity contribution in [3.63, 3.8) is 0 Å². The van der Waals surface area contributed by atoms with Crippen molar-refractivity contribution in [2.24, 2.45) is 5.92 Å². The lowest BCUT2D eigenvalue weighted by Crippen LogP contribution is -3.12. The maximum Gasteiger partial charge on any atom is 0.231 e. The molecule has 1 aliphatic rings. The predicted octanol–water partition coefficient (Wildman–Crippen LogP) is 2.50. The second kappa shape index (κ2) is 7.80. The molecule has 0 bridgehead atoms. The molecule has 1 heterocycles. The van der Waals surface area contributed by atoms with Crippen LogP contribution in [0.2, 0.25) is 0 Å². The molecule has 0 saturated carbocycles. The lowest BCUT2D eigenvalue weighted by Gasteiger charge is -2.32. The van der Waals surface area contributed by atoms with Gasteiger partial charge >= 0.3 is 0 Å². The number of fused-ring (bicyclic) bond motifs is 1. The molecule has 2 atom stereocenters. The molecule has 1 unspecified atom stereocenters. The van der Waals surface area contributed by atoms with Gasteiger partial charge in [0, 0.05) is 18.7 Å². The normalized spacial score (nSPS) is 20.9. The van der Waals surface area contributed by atoms with E-state index in [0.717, 1.165) is 39.0 Å². The van der Waals surface area contributed by atoms with Crippen molar-refractivity contribution in [1.82, 2.24) is 4.90 Å². The highest BCUT2D eigenvalue weighted by Crippen LogP contribution is 2.16. The Morgan fingerprint density at radius 2 is 1.88 bits per heavy atom. The second-order valence-corrected chi connectivity index (χ2v) is 6.91. The number of rotatable bonds is 5. The number of piperidine rings is 1. The van der Waals surface area contributed by atoms with Crippen LogP contribution < -0.4 is 4.90 Å². The number of benzene rings is 2. The van der Waals surface area contributed by atoms with E-state index in [1.54, 1.807) is 4.90 Å². The van der Waals surface area contributed by atoms with Crippen LogP contribution in [0.15, 0.2) is 42.5 Å². The summed E-state index contributed by atoms with van der Waals surface area (Å²) in [4.78, 5) is 16.2. The fourth-order valence-corrected chi connectivity index (χ4v) is 3.95. The molecule has 3 rings (SSSR count). The molecular formula is C21H29N2O+. The standard InChI is InChI=1S/C21H28N2O/c1-3-23(4-2)21(24)20-10-7-13-22(16-20)15-17-11-12-18-8-5-6-9-19(18)14-17/h5-6,8-9,11-12,14,20H,3-4,7,10,13,15-16H2,1-2H3/p+1/t20-/m1/s1. The van der Waals surface area contributed by atoms with Gasteiger partial charge in [-0.1, -0.05) is 36.4 Å². The predicted molar refractivity (Wildman–Crippen MR) is 99.0 cm³/mol. The van der Waals surface area contributed by atoms with E-state index in [1.807, 2.05) is 4.90 Å². The molecule has 1 aliphatic heterocycles. The van der Waals surface area contributed by atoms with Gasteiger partial charge in [0.25, 0.3) is 0 Å². The van der Waals surface area contributed by atoms with Crippen LogP contribution >= 0.6 is 0 Å². The minimum atomic E-state index is 0.203. The van der Waals surface area contributed by atoms with Crippen LogP contribution in [0, 0.1) is 5.92 Å². The van der Waals surface area contributed by atoms with Crippen LogP contribution in [0.4, 0.5) is 0 Å². The first-order valence-corrected chi connectivity index (χ1v) is 9.31. The lowest BCUT2D eigenvalue weighted by atomic mass is 9.95. The summed E-state index contributed by atoms with van der Waals surface area (Å²) in [5.41, 5.74) is 1.37. The SMILES string of the molecule is CCN(CC)C(=O)[C@@H]1CCC[NH+](Cc2ccc3ccccc3c2)C1. The minimum Gasteiger partial charge on any atom is -0.343 e. The number of likely N-dealkylation sites (tertiary alicyclic amines) is 1. The zero-order valence-electron chi connectivity index (χ0n) is 14.9. The molecule has 0 aliphatic carbocycles. The smallest absolute Gasteiger partial charge is 0.231 e. The van der Waals surface area contributed by atoms with Crippen LogP contribution in [-0.2, 0) is 11.3 Å². The zero-order valence-corrected chi connectivity index (χ0v) is 14.9. The number of amides is 1. The van der Waals surface area contributed by atoms with E-state index in [9.17, 15) is 4.79 Å². The first-order valence-electron chi connectivity index (χ1n) is 9.31. The number of nitrogens with one attached hydrogen (secondary N) is 1. The summed E-state index contributed by atoms with van der Waals surface area (Å²) in [6.07, 6.45) is 2.21. The molecule has 24 heavy (non-hydrogen) atoms. The molecule has 3 heteroatoms. The number of hydrogen-bond acceptors (Lipinski definition) is 1. The zero-order chi connectivity index (χ0) is 16.9. The maximum absolute atomic E-state index is 12.6. The van der Waals surface area contributed by atoms with Crippen molar-refractivity contribution in [1.29, 1.82) is 0 Å². The third-order valence-corrected chi connectivity index (χ3v) is 5.31. The first kappa shape index (κ1) is 17.0. The number of carbonyl (C=O) groups excluding carboxylic acids is 1. The van der Waals surface area contributed by atoms with Crippen molar-refractivity contribution in [2.45, 2.75) is 33.2 Å². The van der Waals surface area contributed by atoms with Gasteiger partial charge in [-0.2, -0.15) is 0 Å². The van der Waals surface area contributed by atoms with Crippen molar-refractivity contribution < 1.29 is 9.69 Å². The van der Waals surface area contributed by atoms with Crippen LogP contribution in [0.3, 0.4) is 0 Å². The van der Waals surface area contributed by atoms with E-state index in [-0.39, 0.29) is 5.92 Å². The van der Waals surface area contributed by atoms with Crippen molar-refractivity contribution in [2.75, 3.05) is 26.2 Å². The van der Waals surface area contributed by atoms with Crippen LogP contribution in [-0.4, -0.2) is 37.0 Å². The number of carbonyl (C=O) groups is 1. The van der Waals surface area contributed by atoms with E-state index in [0.29, 0.717) is 5.91 Å². The van der Waals surface area contributed by atoms with Crippen LogP contribution in [0.25, 0.3) is 10.8 Å². The Kier molecular flexibility index (Phi) is 5.52. The summed E-state index contributed by atoms with van der Waals surface area (Å²) in [7, 11) is 0. The topological polar surface area (TPSA) is 24.8 Å². The Morgan fingerprint density at radius 1 is 1.12 bits per heavy atom. The highest BCUT2D eigenvalue weighted by atomic mass is 16.2. The first-order chi connectivity index (χ1) is 11.7. The van der Waals surface area contributed by atoms with Gasteiger partial charge in [0.2, 0.25) is 5.91 Å². The number of quaternary nitrogens is 1. The van der Waals surface area contributed by atoms with Gasteiger partial charge in [0.05, 0.1) is 19.0 Å². The Balaban J connectivity index is 1.67. The second-order valence-electron chi connectivity index (χ2n) is 6.91. The van der Waals surface area contributed by atoms with Crippen molar-refractivity contribution in [3.8, 4) is 0 Å². The molecule has 2 aromatic rings. The Morgan fingerprint density at radius 3 is 2.62 bits per heavy atom. The minimum absolute atomic E-state index is 0.203. The molecule has 1 amide bonds. The summed E-state index contributed by atoms with van der Waals surface area (Å²) in [5.74, 6) is 0.560. The van der Waals surface area contributed by atoms with E-state index < -0.39 is 0 Å². The van der Waals surface area contributed by atoms with Gasteiger partial charge < -0.3 is 9.80 Å². The van der Waals surface area contributed by atoms with E-state index in [2.05, 4.69) is 56.3 Å². The molecule has 2 aromatic carbocycles. The van der Waals surface area contributed by atoms with Gasteiger partial charge in [-0.05, 0) is 43.5 Å². The van der Waals surface area contributed by atoms with Crippen molar-refractivity contribution in [3.05, 3.63) is 48.0 Å². The van der Waals surface area contributed by atoms with Gasteiger partial charge in [0.1, 0.15) is 6.54 Å². The highest BCUT2D eigenvalue weighted by Gasteiger charge is 2.30. The molecule has 128 valence electrons. The Labute approximate surface area is 145 Å². The van der Waals surface area contributed by atoms with E-state index in [1.165, 1.54) is 22.9 Å². The van der Waals surface area contributed by atoms with Gasteiger partial charge in [-0.15, -0.1) is 0 Å². The third-order valence-electron chi connectivity index (χ3n) is 5.31. The molecule has 0 spiro atoms. The van der Waals surface area contributed by atoms with Crippen LogP contribution in [0.5, 0.6) is 0 Å². The van der Waals surface area contributed by atoms with E-state index in [4.69, 9.17) is 0 Å². The Hall–Kier alpha value is -1.87. The lowest BCUT2D eigenvalue weighted by molar-refractivity contribution is -0.921. The van der Waals surface area contributed by atoms with Gasteiger partial charge in [-0.3, -0.25) is 4.79 Å². The Bertz CT molecular complexity index is 693. The fourth-order valence-electron chi connectivity index (χ4n) is 3.95. The summed E-state index contributed by atoms with van der Waals surface area (Å²) < 4.78 is 0. The summed E-state index contributed by atoms with van der Waals surface area (Å²) in [6.45, 7) is 8.97. The maximum atomic E-state index is 12.6. The average Bonchev–Trinajstić information content (AvgIpc) is 2.63. The molecule has 1 N–H and O–H groups in total. The number of nitrogens with zero attached hydrogens (tertiary/aromatic N) is 1. The molecule has 1 fully saturated rings. The number of hydrogen-bond donors (Lipinski definition) is 1. The third kappa shape index (κ3) is 3.78. The van der Waals surface area contributed by atoms with Gasteiger partial charge in [0.15, 0.2) is 0 Å². The van der Waals surface area contributed by atoms with Crippen molar-refractivity contribution >= 4 is 16.7 Å². The monoisotopic (exact) mass is 325 g/mol. The molecule has 1 saturated heterocycles. The van der Waals surface area contributed by atoms with E-state index >= 15 is 0 Å². The van der Waals surface area contributed by atoms with Crippen LogP contribution in [0.1, 0.15) is 32.3 Å². The largest absolute Gasteiger partial charge is 0.343 e. The summed E-state index contributed by atoms with van der Waals surface area (Å²) in [5, 5.41) is 2.60. The molecule has 3 nitrogen and oxygen atoms in total. The van der Waals surface area contributed by atoms with Gasteiger partial charge in [-0.25, -0.2) is 0 Å². The summed E-state index contributed by atoms with van der Waals surface area (Å²) in [6, 6.07) is 15.3. The quantitative estimate of drug-likeness (QED) is 0.898. The average molecular weight is 325 g/mol. The highest BCUT2D eigenvalue weighted by molar-refractivity contribution is 5.83. The fraction of sp³-hybridized carbons (Fsp3) is 0.476. The summed E-state index contributed by atoms with van der Waals surface area (Å²) >= 11 is 0. The molecule has 0 radical (unpaired) electrons.